The first kappa shape index (κ1) is 11.3. The molecule has 0 saturated carbocycles. The molecule has 92 valence electrons. The molecule has 2 aliphatic heterocycles. The minimum absolute atomic E-state index is 0.209. The largest absolute Gasteiger partial charge is 0.337 e. The third kappa shape index (κ3) is 1.60. The first-order valence-corrected chi connectivity index (χ1v) is 6.61. The molecule has 2 heterocycles. The highest BCUT2D eigenvalue weighted by Crippen LogP contribution is 2.28. The Labute approximate surface area is 107 Å². The van der Waals surface area contributed by atoms with Crippen LogP contribution in [-0.4, -0.2) is 34.4 Å². The maximum Gasteiger partial charge on any atom is 0.337 e. The van der Waals surface area contributed by atoms with E-state index in [-0.39, 0.29) is 17.0 Å². The normalized spacial score (nSPS) is 18.6. The van der Waals surface area contributed by atoms with E-state index in [1.807, 2.05) is 0 Å². The van der Waals surface area contributed by atoms with Crippen LogP contribution >= 0.6 is 11.8 Å². The van der Waals surface area contributed by atoms with Gasteiger partial charge in [0, 0.05) is 11.5 Å². The molecule has 0 aromatic heterocycles. The topological polar surface area (TPSA) is 63.7 Å². The zero-order valence-corrected chi connectivity index (χ0v) is 10.1. The third-order valence-electron chi connectivity index (χ3n) is 2.91. The zero-order chi connectivity index (χ0) is 12.7. The Hall–Kier alpha value is -1.82. The summed E-state index contributed by atoms with van der Waals surface area (Å²) in [6, 6.07) is 6.42. The van der Waals surface area contributed by atoms with Gasteiger partial charge in [0.05, 0.1) is 17.0 Å². The minimum Gasteiger partial charge on any atom is -0.329 e. The van der Waals surface area contributed by atoms with E-state index in [0.29, 0.717) is 16.6 Å². The Morgan fingerprint density at radius 3 is 2.17 bits per heavy atom. The number of fused-ring (bicyclic) bond motifs is 1. The van der Waals surface area contributed by atoms with Crippen LogP contribution in [0.4, 0.5) is 0 Å². The van der Waals surface area contributed by atoms with Crippen LogP contribution in [0.5, 0.6) is 0 Å². The van der Waals surface area contributed by atoms with Gasteiger partial charge in [0.2, 0.25) is 0 Å². The number of thioether (sulfide) groups is 1. The van der Waals surface area contributed by atoms with E-state index in [1.54, 1.807) is 36.0 Å². The lowest BCUT2D eigenvalue weighted by atomic mass is 10.1. The molecular weight excluding hydrogens is 254 g/mol. The lowest BCUT2D eigenvalue weighted by Crippen LogP contribution is -2.38. The maximum atomic E-state index is 11.9. The van der Waals surface area contributed by atoms with E-state index in [2.05, 4.69) is 0 Å². The average Bonchev–Trinajstić information content (AvgIpc) is 2.53. The average molecular weight is 263 g/mol. The smallest absolute Gasteiger partial charge is 0.329 e. The van der Waals surface area contributed by atoms with Crippen LogP contribution in [0.3, 0.4) is 0 Å². The Morgan fingerprint density at radius 1 is 1.17 bits per heavy atom. The highest BCUT2D eigenvalue weighted by Gasteiger charge is 2.40. The van der Waals surface area contributed by atoms with Crippen LogP contribution < -0.4 is 0 Å². The fourth-order valence-electron chi connectivity index (χ4n) is 1.79. The number of amides is 2. The van der Waals surface area contributed by atoms with Crippen LogP contribution in [0.25, 0.3) is 0 Å². The van der Waals surface area contributed by atoms with Crippen molar-refractivity contribution in [3.05, 3.63) is 35.4 Å². The number of carbonyl (C=O) groups excluding carboxylic acids is 3. The fourth-order valence-corrected chi connectivity index (χ4v) is 2.53. The summed E-state index contributed by atoms with van der Waals surface area (Å²) in [6.45, 7) is 0. The van der Waals surface area contributed by atoms with Gasteiger partial charge in [0.15, 0.2) is 0 Å². The van der Waals surface area contributed by atoms with E-state index in [4.69, 9.17) is 4.84 Å². The third-order valence-corrected chi connectivity index (χ3v) is 4.19. The molecule has 0 radical (unpaired) electrons. The van der Waals surface area contributed by atoms with Crippen molar-refractivity contribution in [1.29, 1.82) is 0 Å². The highest BCUT2D eigenvalue weighted by atomic mass is 32.2. The van der Waals surface area contributed by atoms with Gasteiger partial charge in [-0.2, -0.15) is 11.8 Å². The van der Waals surface area contributed by atoms with Gasteiger partial charge < -0.3 is 4.84 Å². The molecule has 1 aromatic rings. The second-order valence-corrected chi connectivity index (χ2v) is 5.17. The summed E-state index contributed by atoms with van der Waals surface area (Å²) in [4.78, 5) is 40.3. The van der Waals surface area contributed by atoms with Crippen LogP contribution in [0.2, 0.25) is 0 Å². The summed E-state index contributed by atoms with van der Waals surface area (Å²) in [5.74, 6) is -0.501. The Balaban J connectivity index is 1.81. The predicted octanol–water partition coefficient (Wildman–Crippen LogP) is 1.10. The lowest BCUT2D eigenvalue weighted by Gasteiger charge is -2.24. The second-order valence-electron chi connectivity index (χ2n) is 4.09. The molecule has 0 atom stereocenters. The van der Waals surface area contributed by atoms with Crippen LogP contribution in [-0.2, 0) is 9.63 Å². The molecule has 1 fully saturated rings. The first-order chi connectivity index (χ1) is 8.68. The number of hydroxylamine groups is 2. The summed E-state index contributed by atoms with van der Waals surface area (Å²) in [5, 5.41) is 0.565. The Kier molecular flexibility index (Phi) is 2.59. The van der Waals surface area contributed by atoms with Crippen molar-refractivity contribution in [2.24, 2.45) is 5.92 Å². The summed E-state index contributed by atoms with van der Waals surface area (Å²) in [7, 11) is 0. The number of hydrogen-bond acceptors (Lipinski definition) is 5. The molecule has 0 aliphatic carbocycles. The van der Waals surface area contributed by atoms with Crippen LogP contribution in [0.15, 0.2) is 24.3 Å². The van der Waals surface area contributed by atoms with E-state index < -0.39 is 17.8 Å². The van der Waals surface area contributed by atoms with Crippen molar-refractivity contribution in [2.45, 2.75) is 0 Å². The molecule has 1 aromatic carbocycles. The second kappa shape index (κ2) is 4.13. The quantitative estimate of drug-likeness (QED) is 0.748. The minimum atomic E-state index is -0.573. The highest BCUT2D eigenvalue weighted by molar-refractivity contribution is 8.00. The summed E-state index contributed by atoms with van der Waals surface area (Å²) < 4.78 is 0. The molecule has 0 spiro atoms. The van der Waals surface area contributed by atoms with E-state index in [9.17, 15) is 14.4 Å². The number of imide groups is 1. The van der Waals surface area contributed by atoms with E-state index in [0.717, 1.165) is 0 Å². The van der Waals surface area contributed by atoms with Crippen LogP contribution in [0, 0.1) is 5.92 Å². The molecule has 6 heteroatoms. The Morgan fingerprint density at radius 2 is 1.72 bits per heavy atom. The molecule has 0 unspecified atom stereocenters. The number of rotatable bonds is 2. The number of benzene rings is 1. The van der Waals surface area contributed by atoms with Crippen molar-refractivity contribution >= 4 is 29.5 Å². The van der Waals surface area contributed by atoms with Gasteiger partial charge in [-0.1, -0.05) is 17.2 Å². The number of carbonyl (C=O) groups is 3. The number of nitrogens with zero attached hydrogens (tertiary/aromatic N) is 1. The fraction of sp³-hybridized carbons (Fsp3) is 0.250. The number of hydrogen-bond donors (Lipinski definition) is 0. The molecule has 3 rings (SSSR count). The molecule has 2 aliphatic rings. The molecule has 18 heavy (non-hydrogen) atoms. The molecule has 5 nitrogen and oxygen atoms in total. The first-order valence-electron chi connectivity index (χ1n) is 5.46. The monoisotopic (exact) mass is 263 g/mol. The molecule has 0 N–H and O–H groups in total. The van der Waals surface area contributed by atoms with Gasteiger partial charge in [-0.15, -0.1) is 0 Å². The van der Waals surface area contributed by atoms with Gasteiger partial charge >= 0.3 is 5.97 Å². The summed E-state index contributed by atoms with van der Waals surface area (Å²) in [5.41, 5.74) is 0.552. The SMILES string of the molecule is O=C(ON1C(=O)c2ccccc2C1=O)C1CSC1. The maximum absolute atomic E-state index is 11.9. The zero-order valence-electron chi connectivity index (χ0n) is 9.29. The van der Waals surface area contributed by atoms with Crippen molar-refractivity contribution in [3.8, 4) is 0 Å². The molecular formula is C12H9NO4S. The Bertz CT molecular complexity index is 518. The lowest BCUT2D eigenvalue weighted by molar-refractivity contribution is -0.172. The van der Waals surface area contributed by atoms with Crippen molar-refractivity contribution in [2.75, 3.05) is 11.5 Å². The summed E-state index contributed by atoms with van der Waals surface area (Å²) >= 11 is 1.63. The van der Waals surface area contributed by atoms with Crippen molar-refractivity contribution in [3.63, 3.8) is 0 Å². The molecule has 0 bridgehead atoms. The van der Waals surface area contributed by atoms with Gasteiger partial charge in [-0.3, -0.25) is 9.59 Å². The van der Waals surface area contributed by atoms with Gasteiger partial charge in [0.25, 0.3) is 11.8 Å². The van der Waals surface area contributed by atoms with Gasteiger partial charge in [-0.05, 0) is 12.1 Å². The van der Waals surface area contributed by atoms with E-state index >= 15 is 0 Å². The summed E-state index contributed by atoms with van der Waals surface area (Å²) in [6.07, 6.45) is 0. The molecule has 1 saturated heterocycles. The standard InChI is InChI=1S/C12H9NO4S/c14-10-8-3-1-2-4-9(8)11(15)13(10)17-12(16)7-5-18-6-7/h1-4,7H,5-6H2. The van der Waals surface area contributed by atoms with Crippen molar-refractivity contribution < 1.29 is 19.2 Å². The van der Waals surface area contributed by atoms with Crippen molar-refractivity contribution in [1.82, 2.24) is 5.06 Å². The van der Waals surface area contributed by atoms with Gasteiger partial charge in [0.1, 0.15) is 0 Å². The molecule has 2 amide bonds. The van der Waals surface area contributed by atoms with Crippen LogP contribution in [0.1, 0.15) is 20.7 Å². The predicted molar refractivity (Wildman–Crippen MR) is 63.8 cm³/mol. The van der Waals surface area contributed by atoms with Gasteiger partial charge in [-0.25, -0.2) is 4.79 Å². The van der Waals surface area contributed by atoms with E-state index in [1.165, 1.54) is 0 Å².